The van der Waals surface area contributed by atoms with Crippen molar-refractivity contribution in [2.45, 2.75) is 19.9 Å². The molecule has 22 heavy (non-hydrogen) atoms. The molecule has 1 heterocycles. The number of carbonyl (C=O) groups excluding carboxylic acids is 1. The summed E-state index contributed by atoms with van der Waals surface area (Å²) in [5, 5.41) is 11.7. The van der Waals surface area contributed by atoms with Gasteiger partial charge in [-0.05, 0) is 18.1 Å². The van der Waals surface area contributed by atoms with Crippen LogP contribution in [0, 0.1) is 5.92 Å². The van der Waals surface area contributed by atoms with E-state index in [0.717, 1.165) is 0 Å². The van der Waals surface area contributed by atoms with Crippen molar-refractivity contribution >= 4 is 22.8 Å². The Morgan fingerprint density at radius 1 is 1.36 bits per heavy atom. The average molecular weight is 303 g/mol. The number of carboxylic acids is 1. The summed E-state index contributed by atoms with van der Waals surface area (Å²) >= 11 is 0. The minimum absolute atomic E-state index is 0.0161. The van der Waals surface area contributed by atoms with Crippen LogP contribution in [0.2, 0.25) is 0 Å². The lowest BCUT2D eigenvalue weighted by Gasteiger charge is -2.11. The summed E-state index contributed by atoms with van der Waals surface area (Å²) in [6, 6.07) is 6.92. The van der Waals surface area contributed by atoms with Crippen LogP contribution in [0.3, 0.4) is 0 Å². The minimum Gasteiger partial charge on any atom is -0.481 e. The summed E-state index contributed by atoms with van der Waals surface area (Å²) in [5.74, 6) is -1.43. The molecular formula is C15H17N3O4. The first-order valence-corrected chi connectivity index (χ1v) is 6.90. The molecule has 0 aliphatic heterocycles. The normalized spacial score (nSPS) is 12.0. The van der Waals surface area contributed by atoms with E-state index in [1.165, 1.54) is 10.9 Å². The van der Waals surface area contributed by atoms with E-state index >= 15 is 0 Å². The van der Waals surface area contributed by atoms with Crippen LogP contribution in [0.4, 0.5) is 0 Å². The number of carbonyl (C=O) groups is 2. The van der Waals surface area contributed by atoms with Gasteiger partial charge in [0, 0.05) is 13.0 Å². The number of carboxylic acid groups (broad SMARTS) is 1. The van der Waals surface area contributed by atoms with Crippen LogP contribution in [0.25, 0.3) is 10.9 Å². The maximum absolute atomic E-state index is 12.2. The topological polar surface area (TPSA) is 101 Å². The Morgan fingerprint density at radius 3 is 2.82 bits per heavy atom. The van der Waals surface area contributed by atoms with Crippen LogP contribution in [0.15, 0.2) is 35.4 Å². The average Bonchev–Trinajstić information content (AvgIpc) is 2.48. The number of nitrogens with zero attached hydrogens (tertiary/aromatic N) is 2. The van der Waals surface area contributed by atoms with Crippen LogP contribution >= 0.6 is 0 Å². The summed E-state index contributed by atoms with van der Waals surface area (Å²) < 4.78 is 1.24. The van der Waals surface area contributed by atoms with Gasteiger partial charge in [-0.15, -0.1) is 0 Å². The molecule has 0 bridgehead atoms. The fraction of sp³-hybridized carbons (Fsp3) is 0.333. The van der Waals surface area contributed by atoms with Crippen molar-refractivity contribution in [1.82, 2.24) is 14.9 Å². The monoisotopic (exact) mass is 303 g/mol. The standard InChI is InChI=1S/C15H17N3O4/c1-10(6-14(20)21)7-16-13(19)8-18-9-17-12-5-3-2-4-11(12)15(18)22/h2-5,9-10H,6-8H2,1H3,(H,16,19)(H,20,21). The van der Waals surface area contributed by atoms with Gasteiger partial charge in [-0.1, -0.05) is 19.1 Å². The highest BCUT2D eigenvalue weighted by molar-refractivity contribution is 5.78. The van der Waals surface area contributed by atoms with Gasteiger partial charge >= 0.3 is 5.97 Å². The summed E-state index contributed by atoms with van der Waals surface area (Å²) in [6.07, 6.45) is 1.32. The SMILES string of the molecule is CC(CNC(=O)Cn1cnc2ccccc2c1=O)CC(=O)O. The van der Waals surface area contributed by atoms with Gasteiger partial charge in [0.15, 0.2) is 0 Å². The van der Waals surface area contributed by atoms with Crippen molar-refractivity contribution < 1.29 is 14.7 Å². The Morgan fingerprint density at radius 2 is 2.09 bits per heavy atom. The van der Waals surface area contributed by atoms with Gasteiger partial charge < -0.3 is 10.4 Å². The van der Waals surface area contributed by atoms with Crippen LogP contribution in [0.1, 0.15) is 13.3 Å². The van der Waals surface area contributed by atoms with Crippen molar-refractivity contribution in [2.24, 2.45) is 5.92 Å². The number of nitrogens with one attached hydrogen (secondary N) is 1. The van der Waals surface area contributed by atoms with Gasteiger partial charge in [0.05, 0.1) is 17.2 Å². The third-order valence-corrected chi connectivity index (χ3v) is 3.22. The zero-order valence-corrected chi connectivity index (χ0v) is 12.2. The maximum atomic E-state index is 12.2. The lowest BCUT2D eigenvalue weighted by atomic mass is 10.1. The van der Waals surface area contributed by atoms with Gasteiger partial charge in [-0.3, -0.25) is 19.0 Å². The lowest BCUT2D eigenvalue weighted by molar-refractivity contribution is -0.138. The molecule has 1 amide bonds. The summed E-state index contributed by atoms with van der Waals surface area (Å²) in [7, 11) is 0. The fourth-order valence-corrected chi connectivity index (χ4v) is 2.09. The molecule has 2 rings (SSSR count). The number of para-hydroxylation sites is 1. The number of aromatic nitrogens is 2. The largest absolute Gasteiger partial charge is 0.481 e. The van der Waals surface area contributed by atoms with Crippen molar-refractivity contribution in [3.05, 3.63) is 40.9 Å². The molecule has 0 saturated heterocycles. The first kappa shape index (κ1) is 15.7. The second kappa shape index (κ2) is 6.84. The molecule has 2 N–H and O–H groups in total. The highest BCUT2D eigenvalue weighted by Gasteiger charge is 2.11. The predicted molar refractivity (Wildman–Crippen MR) is 80.4 cm³/mol. The molecule has 0 aliphatic carbocycles. The zero-order chi connectivity index (χ0) is 16.1. The lowest BCUT2D eigenvalue weighted by Crippen LogP contribution is -2.35. The van der Waals surface area contributed by atoms with Gasteiger partial charge in [0.2, 0.25) is 5.91 Å². The molecule has 0 radical (unpaired) electrons. The summed E-state index contributed by atoms with van der Waals surface area (Å²) in [4.78, 5) is 38.7. The molecule has 2 aromatic rings. The van der Waals surface area contributed by atoms with E-state index in [0.29, 0.717) is 10.9 Å². The van der Waals surface area contributed by atoms with Crippen LogP contribution in [0.5, 0.6) is 0 Å². The van der Waals surface area contributed by atoms with E-state index in [1.807, 2.05) is 0 Å². The fourth-order valence-electron chi connectivity index (χ4n) is 2.09. The van der Waals surface area contributed by atoms with E-state index in [4.69, 9.17) is 5.11 Å². The first-order chi connectivity index (χ1) is 10.5. The Labute approximate surface area is 126 Å². The number of fused-ring (bicyclic) bond motifs is 1. The molecule has 7 heteroatoms. The molecule has 0 saturated carbocycles. The molecule has 1 aromatic carbocycles. The van der Waals surface area contributed by atoms with Crippen molar-refractivity contribution in [1.29, 1.82) is 0 Å². The number of aliphatic carboxylic acids is 1. The van der Waals surface area contributed by atoms with Gasteiger partial charge in [0.25, 0.3) is 5.56 Å². The highest BCUT2D eigenvalue weighted by Crippen LogP contribution is 2.04. The molecule has 1 atom stereocenters. The predicted octanol–water partition coefficient (Wildman–Crippen LogP) is 0.623. The van der Waals surface area contributed by atoms with E-state index in [2.05, 4.69) is 10.3 Å². The van der Waals surface area contributed by atoms with Crippen molar-refractivity contribution in [3.63, 3.8) is 0 Å². The Hall–Kier alpha value is -2.70. The first-order valence-electron chi connectivity index (χ1n) is 6.90. The minimum atomic E-state index is -0.906. The second-order valence-corrected chi connectivity index (χ2v) is 5.20. The molecule has 0 fully saturated rings. The maximum Gasteiger partial charge on any atom is 0.303 e. The Kier molecular flexibility index (Phi) is 4.88. The van der Waals surface area contributed by atoms with E-state index in [-0.39, 0.29) is 36.9 Å². The number of amides is 1. The quantitative estimate of drug-likeness (QED) is 0.814. The third-order valence-electron chi connectivity index (χ3n) is 3.22. The van der Waals surface area contributed by atoms with Crippen LogP contribution < -0.4 is 10.9 Å². The number of hydrogen-bond donors (Lipinski definition) is 2. The van der Waals surface area contributed by atoms with Crippen molar-refractivity contribution in [2.75, 3.05) is 6.54 Å². The van der Waals surface area contributed by atoms with Crippen molar-refractivity contribution in [3.8, 4) is 0 Å². The van der Waals surface area contributed by atoms with E-state index in [9.17, 15) is 14.4 Å². The molecule has 116 valence electrons. The molecule has 0 spiro atoms. The highest BCUT2D eigenvalue weighted by atomic mass is 16.4. The summed E-state index contributed by atoms with van der Waals surface area (Å²) in [5.41, 5.74) is 0.304. The van der Waals surface area contributed by atoms with E-state index in [1.54, 1.807) is 31.2 Å². The number of rotatable bonds is 6. The molecule has 1 aromatic heterocycles. The smallest absolute Gasteiger partial charge is 0.303 e. The van der Waals surface area contributed by atoms with Gasteiger partial charge in [0.1, 0.15) is 6.54 Å². The number of benzene rings is 1. The van der Waals surface area contributed by atoms with E-state index < -0.39 is 5.97 Å². The Balaban J connectivity index is 2.02. The molecular weight excluding hydrogens is 286 g/mol. The third kappa shape index (κ3) is 3.91. The Bertz CT molecular complexity index is 754. The van der Waals surface area contributed by atoms with Crippen LogP contribution in [-0.4, -0.2) is 33.1 Å². The molecule has 7 nitrogen and oxygen atoms in total. The van der Waals surface area contributed by atoms with Gasteiger partial charge in [-0.25, -0.2) is 4.98 Å². The summed E-state index contributed by atoms with van der Waals surface area (Å²) in [6.45, 7) is 1.84. The molecule has 0 aliphatic rings. The van der Waals surface area contributed by atoms with Crippen LogP contribution in [-0.2, 0) is 16.1 Å². The second-order valence-electron chi connectivity index (χ2n) is 5.20. The molecule has 1 unspecified atom stereocenters. The number of hydrogen-bond acceptors (Lipinski definition) is 4. The van der Waals surface area contributed by atoms with Gasteiger partial charge in [-0.2, -0.15) is 0 Å². The zero-order valence-electron chi connectivity index (χ0n) is 12.2.